The molecule has 0 saturated carbocycles. The number of ether oxygens (including phenoxy) is 1. The van der Waals surface area contributed by atoms with E-state index in [4.69, 9.17) is 4.74 Å². The zero-order chi connectivity index (χ0) is 17.5. The van der Waals surface area contributed by atoms with Crippen molar-refractivity contribution in [1.29, 1.82) is 0 Å². The molecule has 0 aliphatic carbocycles. The van der Waals surface area contributed by atoms with Crippen molar-refractivity contribution in [3.8, 4) is 0 Å². The van der Waals surface area contributed by atoms with Gasteiger partial charge in [0.2, 0.25) is 0 Å². The van der Waals surface area contributed by atoms with Crippen LogP contribution in [0.25, 0.3) is 0 Å². The van der Waals surface area contributed by atoms with Crippen LogP contribution in [0.1, 0.15) is 29.8 Å². The minimum Gasteiger partial charge on any atom is -0.459 e. The molecular weight excluding hydrogens is 311 g/mol. The maximum Gasteiger partial charge on any atom is 0.329 e. The van der Waals surface area contributed by atoms with Gasteiger partial charge in [-0.2, -0.15) is 0 Å². The number of nitrogens with one attached hydrogen (secondary N) is 1. The zero-order valence-electron chi connectivity index (χ0n) is 13.5. The summed E-state index contributed by atoms with van der Waals surface area (Å²) in [6, 6.07) is 7.87. The molecule has 1 amide bonds. The average Bonchev–Trinajstić information content (AvgIpc) is 2.58. The largest absolute Gasteiger partial charge is 0.459 e. The van der Waals surface area contributed by atoms with Crippen LogP contribution < -0.4 is 5.32 Å². The van der Waals surface area contributed by atoms with E-state index in [2.05, 4.69) is 10.3 Å². The smallest absolute Gasteiger partial charge is 0.329 e. The van der Waals surface area contributed by atoms with Crippen LogP contribution in [0.4, 0.5) is 4.39 Å². The summed E-state index contributed by atoms with van der Waals surface area (Å²) < 4.78 is 18.2. The molecule has 6 heteroatoms. The van der Waals surface area contributed by atoms with E-state index in [0.29, 0.717) is 0 Å². The number of carbonyl (C=O) groups is 2. The lowest BCUT2D eigenvalue weighted by Crippen LogP contribution is -2.45. The fraction of sp³-hybridized carbons (Fsp3) is 0.278. The van der Waals surface area contributed by atoms with Crippen molar-refractivity contribution in [2.24, 2.45) is 5.92 Å². The molecule has 0 saturated heterocycles. The summed E-state index contributed by atoms with van der Waals surface area (Å²) in [7, 11) is 0. The Kier molecular flexibility index (Phi) is 6.01. The van der Waals surface area contributed by atoms with Crippen LogP contribution in [-0.4, -0.2) is 22.9 Å². The molecule has 0 spiro atoms. The van der Waals surface area contributed by atoms with Crippen molar-refractivity contribution in [1.82, 2.24) is 10.3 Å². The van der Waals surface area contributed by atoms with Crippen molar-refractivity contribution in [2.75, 3.05) is 0 Å². The SMILES string of the molecule is CC(C)C(NC(=O)c1ccc(F)cc1)C(=O)OCc1cccnc1. The molecule has 1 aromatic carbocycles. The Balaban J connectivity index is 1.99. The fourth-order valence-electron chi connectivity index (χ4n) is 2.05. The highest BCUT2D eigenvalue weighted by Crippen LogP contribution is 2.09. The molecule has 0 bridgehead atoms. The molecule has 0 radical (unpaired) electrons. The van der Waals surface area contributed by atoms with Gasteiger partial charge in [0.15, 0.2) is 0 Å². The number of aromatic nitrogens is 1. The van der Waals surface area contributed by atoms with Gasteiger partial charge in [-0.05, 0) is 36.2 Å². The van der Waals surface area contributed by atoms with Gasteiger partial charge in [0, 0.05) is 23.5 Å². The van der Waals surface area contributed by atoms with Crippen molar-refractivity contribution >= 4 is 11.9 Å². The molecular formula is C18H19FN2O3. The van der Waals surface area contributed by atoms with Gasteiger partial charge in [-0.3, -0.25) is 9.78 Å². The number of halogens is 1. The number of pyridine rings is 1. The van der Waals surface area contributed by atoms with E-state index < -0.39 is 23.7 Å². The number of nitrogens with zero attached hydrogens (tertiary/aromatic N) is 1. The van der Waals surface area contributed by atoms with Crippen molar-refractivity contribution in [2.45, 2.75) is 26.5 Å². The predicted octanol–water partition coefficient (Wildman–Crippen LogP) is 2.72. The fourth-order valence-corrected chi connectivity index (χ4v) is 2.05. The second-order valence-corrected chi connectivity index (χ2v) is 5.67. The summed E-state index contributed by atoms with van der Waals surface area (Å²) in [6.07, 6.45) is 3.24. The standard InChI is InChI=1S/C18H19FN2O3/c1-12(2)16(18(23)24-11-13-4-3-9-20-10-13)21-17(22)14-5-7-15(19)8-6-14/h3-10,12,16H,11H2,1-2H3,(H,21,22). The van der Waals surface area contributed by atoms with Gasteiger partial charge < -0.3 is 10.1 Å². The first-order valence-corrected chi connectivity index (χ1v) is 7.59. The predicted molar refractivity (Wildman–Crippen MR) is 86.5 cm³/mol. The maximum absolute atomic E-state index is 12.9. The van der Waals surface area contributed by atoms with E-state index in [0.717, 1.165) is 5.56 Å². The number of esters is 1. The van der Waals surface area contributed by atoms with Crippen molar-refractivity contribution < 1.29 is 18.7 Å². The van der Waals surface area contributed by atoms with Gasteiger partial charge in [-0.1, -0.05) is 19.9 Å². The first-order chi connectivity index (χ1) is 11.5. The third kappa shape index (κ3) is 4.87. The first kappa shape index (κ1) is 17.6. The van der Waals surface area contributed by atoms with E-state index >= 15 is 0 Å². The normalized spacial score (nSPS) is 11.8. The topological polar surface area (TPSA) is 68.3 Å². The van der Waals surface area contributed by atoms with Gasteiger partial charge in [-0.25, -0.2) is 9.18 Å². The molecule has 126 valence electrons. The minimum absolute atomic E-state index is 0.0856. The molecule has 1 aromatic heterocycles. The summed E-state index contributed by atoms with van der Waals surface area (Å²) in [5, 5.41) is 2.64. The average molecular weight is 330 g/mol. The Hall–Kier alpha value is -2.76. The molecule has 0 fully saturated rings. The number of amides is 1. The molecule has 1 atom stereocenters. The number of carbonyl (C=O) groups excluding carboxylic acids is 2. The highest BCUT2D eigenvalue weighted by Gasteiger charge is 2.26. The van der Waals surface area contributed by atoms with Crippen LogP contribution in [0.5, 0.6) is 0 Å². The van der Waals surface area contributed by atoms with Gasteiger partial charge in [0.05, 0.1) is 0 Å². The first-order valence-electron chi connectivity index (χ1n) is 7.59. The van der Waals surface area contributed by atoms with Gasteiger partial charge in [0.25, 0.3) is 5.91 Å². The van der Waals surface area contributed by atoms with E-state index in [1.807, 2.05) is 0 Å². The Morgan fingerprint density at radius 1 is 1.21 bits per heavy atom. The summed E-state index contributed by atoms with van der Waals surface area (Å²) in [6.45, 7) is 3.70. The maximum atomic E-state index is 12.9. The Bertz CT molecular complexity index is 687. The van der Waals surface area contributed by atoms with Crippen LogP contribution in [0.3, 0.4) is 0 Å². The summed E-state index contributed by atoms with van der Waals surface area (Å²) in [5.41, 5.74) is 1.04. The third-order valence-electron chi connectivity index (χ3n) is 3.42. The Morgan fingerprint density at radius 2 is 1.92 bits per heavy atom. The summed E-state index contributed by atoms with van der Waals surface area (Å²) >= 11 is 0. The molecule has 0 aliphatic heterocycles. The lowest BCUT2D eigenvalue weighted by atomic mass is 10.0. The molecule has 2 rings (SSSR count). The van der Waals surface area contributed by atoms with Crippen LogP contribution >= 0.6 is 0 Å². The van der Waals surface area contributed by atoms with E-state index in [1.54, 1.807) is 38.4 Å². The lowest BCUT2D eigenvalue weighted by molar-refractivity contribution is -0.148. The second kappa shape index (κ2) is 8.19. The van der Waals surface area contributed by atoms with Crippen LogP contribution in [-0.2, 0) is 16.1 Å². The minimum atomic E-state index is -0.792. The van der Waals surface area contributed by atoms with Crippen LogP contribution in [0.2, 0.25) is 0 Å². The number of hydrogen-bond acceptors (Lipinski definition) is 4. The van der Waals surface area contributed by atoms with Crippen LogP contribution in [0.15, 0.2) is 48.8 Å². The van der Waals surface area contributed by atoms with E-state index in [1.165, 1.54) is 24.3 Å². The molecule has 2 aromatic rings. The summed E-state index contributed by atoms with van der Waals surface area (Å²) in [5.74, 6) is -1.56. The molecule has 24 heavy (non-hydrogen) atoms. The molecule has 5 nitrogen and oxygen atoms in total. The van der Waals surface area contributed by atoms with E-state index in [-0.39, 0.29) is 18.1 Å². The highest BCUT2D eigenvalue weighted by atomic mass is 19.1. The Morgan fingerprint density at radius 3 is 2.50 bits per heavy atom. The van der Waals surface area contributed by atoms with Crippen LogP contribution in [0, 0.1) is 11.7 Å². The van der Waals surface area contributed by atoms with Crippen molar-refractivity contribution in [3.63, 3.8) is 0 Å². The number of rotatable bonds is 6. The molecule has 0 aliphatic rings. The quantitative estimate of drug-likeness (QED) is 0.827. The Labute approximate surface area is 139 Å². The van der Waals surface area contributed by atoms with Gasteiger partial charge in [-0.15, -0.1) is 0 Å². The lowest BCUT2D eigenvalue weighted by Gasteiger charge is -2.21. The van der Waals surface area contributed by atoms with E-state index in [9.17, 15) is 14.0 Å². The third-order valence-corrected chi connectivity index (χ3v) is 3.42. The zero-order valence-corrected chi connectivity index (χ0v) is 13.5. The highest BCUT2D eigenvalue weighted by molar-refractivity contribution is 5.96. The van der Waals surface area contributed by atoms with Gasteiger partial charge >= 0.3 is 5.97 Å². The van der Waals surface area contributed by atoms with Gasteiger partial charge in [0.1, 0.15) is 18.5 Å². The molecule has 1 heterocycles. The number of benzene rings is 1. The number of hydrogen-bond donors (Lipinski definition) is 1. The summed E-state index contributed by atoms with van der Waals surface area (Å²) in [4.78, 5) is 28.4. The molecule has 1 unspecified atom stereocenters. The second-order valence-electron chi connectivity index (χ2n) is 5.67. The monoisotopic (exact) mass is 330 g/mol. The molecule has 1 N–H and O–H groups in total. The van der Waals surface area contributed by atoms with Crippen molar-refractivity contribution in [3.05, 3.63) is 65.7 Å².